The van der Waals surface area contributed by atoms with Crippen LogP contribution in [0.25, 0.3) is 11.3 Å². The summed E-state index contributed by atoms with van der Waals surface area (Å²) < 4.78 is 49.8. The molecule has 1 fully saturated rings. The number of ether oxygens (including phenoxy) is 1. The lowest BCUT2D eigenvalue weighted by molar-refractivity contribution is 0.0654. The standard InChI is InChI=1S/C28H31F3N4O2/c1-15(2)37-14-17-10-22(30)26(23(31)11-17)27-21(29)4-5-24(34-27)28(36)35-25-13-33-7-6-20(25)18-8-16(3)9-19(32)12-18/h4-7,10-11,13,15-16,18-19H,8-9,12,14,32H2,1-3H3,(H,35,36)/t16-,18+,19-/m0/s1. The maximum atomic E-state index is 14.9. The van der Waals surface area contributed by atoms with Gasteiger partial charge in [-0.3, -0.25) is 9.78 Å². The van der Waals surface area contributed by atoms with E-state index in [1.54, 1.807) is 26.2 Å². The molecule has 1 amide bonds. The summed E-state index contributed by atoms with van der Waals surface area (Å²) in [6, 6.07) is 6.21. The first-order chi connectivity index (χ1) is 17.6. The van der Waals surface area contributed by atoms with E-state index in [0.717, 1.165) is 43.0 Å². The lowest BCUT2D eigenvalue weighted by Gasteiger charge is -2.32. The summed E-state index contributed by atoms with van der Waals surface area (Å²) in [5, 5.41) is 2.79. The maximum absolute atomic E-state index is 14.9. The predicted octanol–water partition coefficient (Wildman–Crippen LogP) is 5.97. The molecule has 0 bridgehead atoms. The third kappa shape index (κ3) is 6.34. The van der Waals surface area contributed by atoms with E-state index < -0.39 is 34.6 Å². The SMILES string of the molecule is CC(C)OCc1cc(F)c(-c2nc(C(=O)Nc3cnccc3[C@@H]3C[C@H](C)C[C@H](N)C3)ccc2F)c(F)c1. The average molecular weight is 513 g/mol. The molecule has 2 heterocycles. The second-order valence-electron chi connectivity index (χ2n) is 10.0. The molecule has 2 aromatic heterocycles. The van der Waals surface area contributed by atoms with Crippen LogP contribution in [0.5, 0.6) is 0 Å². The number of benzene rings is 1. The van der Waals surface area contributed by atoms with E-state index in [4.69, 9.17) is 10.5 Å². The van der Waals surface area contributed by atoms with Crippen LogP contribution in [0.3, 0.4) is 0 Å². The molecule has 1 aromatic carbocycles. The molecule has 3 aromatic rings. The number of carbonyl (C=O) groups excluding carboxylic acids is 1. The van der Waals surface area contributed by atoms with E-state index >= 15 is 0 Å². The van der Waals surface area contributed by atoms with Gasteiger partial charge in [0.05, 0.1) is 30.2 Å². The molecule has 0 radical (unpaired) electrons. The summed E-state index contributed by atoms with van der Waals surface area (Å²) >= 11 is 0. The number of amides is 1. The fraction of sp³-hybridized carbons (Fsp3) is 0.393. The minimum absolute atomic E-state index is 0.00224. The molecular weight excluding hydrogens is 481 g/mol. The first-order valence-electron chi connectivity index (χ1n) is 12.4. The quantitative estimate of drug-likeness (QED) is 0.407. The van der Waals surface area contributed by atoms with E-state index in [-0.39, 0.29) is 35.9 Å². The number of pyridine rings is 2. The monoisotopic (exact) mass is 512 g/mol. The highest BCUT2D eigenvalue weighted by Crippen LogP contribution is 2.38. The molecule has 196 valence electrons. The Hall–Kier alpha value is -3.30. The topological polar surface area (TPSA) is 90.1 Å². The number of nitrogens with one attached hydrogen (secondary N) is 1. The third-order valence-corrected chi connectivity index (χ3v) is 6.52. The van der Waals surface area contributed by atoms with Gasteiger partial charge in [-0.05, 0) is 86.4 Å². The van der Waals surface area contributed by atoms with E-state index in [0.29, 0.717) is 11.6 Å². The minimum atomic E-state index is -0.997. The highest BCUT2D eigenvalue weighted by Gasteiger charge is 2.28. The minimum Gasteiger partial charge on any atom is -0.374 e. The van der Waals surface area contributed by atoms with Crippen LogP contribution in [0.4, 0.5) is 18.9 Å². The zero-order valence-electron chi connectivity index (χ0n) is 21.1. The second kappa shape index (κ2) is 11.4. The Morgan fingerprint density at radius 3 is 2.51 bits per heavy atom. The first-order valence-corrected chi connectivity index (χ1v) is 12.4. The van der Waals surface area contributed by atoms with Crippen LogP contribution in [0.15, 0.2) is 42.7 Å². The fourth-order valence-electron chi connectivity index (χ4n) is 4.90. The zero-order valence-corrected chi connectivity index (χ0v) is 21.1. The molecule has 0 spiro atoms. The van der Waals surface area contributed by atoms with Crippen LogP contribution in [-0.2, 0) is 11.3 Å². The van der Waals surface area contributed by atoms with Gasteiger partial charge < -0.3 is 15.8 Å². The van der Waals surface area contributed by atoms with Gasteiger partial charge in [0.2, 0.25) is 0 Å². The predicted molar refractivity (Wildman–Crippen MR) is 135 cm³/mol. The molecule has 0 saturated heterocycles. The average Bonchev–Trinajstić information content (AvgIpc) is 2.83. The van der Waals surface area contributed by atoms with Crippen molar-refractivity contribution in [2.24, 2.45) is 11.7 Å². The van der Waals surface area contributed by atoms with E-state index in [1.807, 2.05) is 6.07 Å². The Bertz CT molecular complexity index is 1250. The second-order valence-corrected chi connectivity index (χ2v) is 10.0. The normalized spacial score (nSPS) is 19.7. The molecule has 3 atom stereocenters. The number of carbonyl (C=O) groups is 1. The van der Waals surface area contributed by atoms with Crippen LogP contribution >= 0.6 is 0 Å². The van der Waals surface area contributed by atoms with Crippen molar-refractivity contribution in [1.82, 2.24) is 9.97 Å². The Labute approximate surface area is 214 Å². The van der Waals surface area contributed by atoms with Gasteiger partial charge >= 0.3 is 0 Å². The molecule has 6 nitrogen and oxygen atoms in total. The van der Waals surface area contributed by atoms with Crippen molar-refractivity contribution >= 4 is 11.6 Å². The van der Waals surface area contributed by atoms with Gasteiger partial charge in [0.1, 0.15) is 28.8 Å². The number of nitrogens with two attached hydrogens (primary N) is 1. The Kier molecular flexibility index (Phi) is 8.24. The number of rotatable bonds is 7. The van der Waals surface area contributed by atoms with Gasteiger partial charge in [-0.25, -0.2) is 18.2 Å². The Balaban J connectivity index is 1.61. The van der Waals surface area contributed by atoms with Crippen LogP contribution in [-0.4, -0.2) is 28.0 Å². The number of nitrogens with zero attached hydrogens (tertiary/aromatic N) is 2. The van der Waals surface area contributed by atoms with E-state index in [1.165, 1.54) is 6.07 Å². The molecule has 37 heavy (non-hydrogen) atoms. The van der Waals surface area contributed by atoms with Gasteiger partial charge in [0.15, 0.2) is 0 Å². The maximum Gasteiger partial charge on any atom is 0.274 e. The Morgan fingerprint density at radius 2 is 1.84 bits per heavy atom. The number of halogens is 3. The van der Waals surface area contributed by atoms with E-state index in [2.05, 4.69) is 22.2 Å². The number of aromatic nitrogens is 2. The first kappa shape index (κ1) is 26.8. The molecule has 1 aliphatic rings. The third-order valence-electron chi connectivity index (χ3n) is 6.52. The molecule has 4 rings (SSSR count). The van der Waals surface area contributed by atoms with Crippen molar-refractivity contribution in [3.05, 3.63) is 77.0 Å². The van der Waals surface area contributed by atoms with Gasteiger partial charge in [-0.15, -0.1) is 0 Å². The lowest BCUT2D eigenvalue weighted by Crippen LogP contribution is -2.31. The van der Waals surface area contributed by atoms with Gasteiger partial charge in [-0.2, -0.15) is 0 Å². The lowest BCUT2D eigenvalue weighted by atomic mass is 9.76. The smallest absolute Gasteiger partial charge is 0.274 e. The van der Waals surface area contributed by atoms with Crippen LogP contribution in [0.1, 0.15) is 67.6 Å². The highest BCUT2D eigenvalue weighted by atomic mass is 19.1. The van der Waals surface area contributed by atoms with Crippen molar-refractivity contribution in [1.29, 1.82) is 0 Å². The van der Waals surface area contributed by atoms with Crippen LogP contribution in [0.2, 0.25) is 0 Å². The number of anilines is 1. The van der Waals surface area contributed by atoms with Crippen molar-refractivity contribution in [3.8, 4) is 11.3 Å². The highest BCUT2D eigenvalue weighted by molar-refractivity contribution is 6.03. The van der Waals surface area contributed by atoms with Gasteiger partial charge in [0, 0.05) is 12.2 Å². The summed E-state index contributed by atoms with van der Waals surface area (Å²) in [5.74, 6) is -3.00. The molecular formula is C28H31F3N4O2. The van der Waals surface area contributed by atoms with Crippen molar-refractivity contribution in [2.45, 2.75) is 64.7 Å². The Morgan fingerprint density at radius 1 is 1.11 bits per heavy atom. The summed E-state index contributed by atoms with van der Waals surface area (Å²) in [6.45, 7) is 5.76. The van der Waals surface area contributed by atoms with Crippen LogP contribution in [0, 0.1) is 23.4 Å². The fourth-order valence-corrected chi connectivity index (χ4v) is 4.90. The molecule has 1 aliphatic carbocycles. The van der Waals surface area contributed by atoms with E-state index in [9.17, 15) is 18.0 Å². The zero-order chi connectivity index (χ0) is 26.7. The van der Waals surface area contributed by atoms with Crippen molar-refractivity contribution in [3.63, 3.8) is 0 Å². The van der Waals surface area contributed by atoms with Crippen LogP contribution < -0.4 is 11.1 Å². The van der Waals surface area contributed by atoms with Crippen molar-refractivity contribution < 1.29 is 22.7 Å². The summed E-state index contributed by atoms with van der Waals surface area (Å²) in [7, 11) is 0. The molecule has 1 saturated carbocycles. The molecule has 0 aliphatic heterocycles. The van der Waals surface area contributed by atoms with Gasteiger partial charge in [-0.1, -0.05) is 6.92 Å². The number of hydrogen-bond acceptors (Lipinski definition) is 5. The number of hydrogen-bond donors (Lipinski definition) is 2. The largest absolute Gasteiger partial charge is 0.374 e. The van der Waals surface area contributed by atoms with Gasteiger partial charge in [0.25, 0.3) is 5.91 Å². The molecule has 9 heteroatoms. The summed E-state index contributed by atoms with van der Waals surface area (Å²) in [4.78, 5) is 21.2. The summed E-state index contributed by atoms with van der Waals surface area (Å²) in [5.41, 5.74) is 6.48. The molecule has 0 unspecified atom stereocenters. The summed E-state index contributed by atoms with van der Waals surface area (Å²) in [6.07, 6.45) is 5.73. The molecule has 3 N–H and O–H groups in total. The van der Waals surface area contributed by atoms with Crippen molar-refractivity contribution in [2.75, 3.05) is 5.32 Å².